The third kappa shape index (κ3) is 2.30. The molecule has 0 fully saturated rings. The highest BCUT2D eigenvalue weighted by molar-refractivity contribution is 5.56. The molecule has 13 heavy (non-hydrogen) atoms. The van der Waals surface area contributed by atoms with E-state index >= 15 is 0 Å². The Labute approximate surface area is 75.1 Å². The normalized spacial score (nSPS) is 9.00. The number of hydrogen-bond donors (Lipinski definition) is 0. The van der Waals surface area contributed by atoms with Crippen LogP contribution in [0, 0.1) is 6.92 Å². The van der Waals surface area contributed by atoms with E-state index in [0.29, 0.717) is 0 Å². The SMILES string of the molecule is Cc1ccc(OC=O)c(OC=O)c1. The number of carbonyl (C=O) groups is 2. The molecule has 0 saturated carbocycles. The van der Waals surface area contributed by atoms with E-state index in [1.54, 1.807) is 18.2 Å². The molecule has 0 saturated heterocycles. The second-order valence-electron chi connectivity index (χ2n) is 2.38. The van der Waals surface area contributed by atoms with Crippen LogP contribution in [0.2, 0.25) is 0 Å². The third-order valence-corrected chi connectivity index (χ3v) is 1.45. The van der Waals surface area contributed by atoms with Gasteiger partial charge in [0.1, 0.15) is 0 Å². The molecule has 0 aliphatic rings. The molecule has 4 heteroatoms. The van der Waals surface area contributed by atoms with Crippen LogP contribution in [-0.4, -0.2) is 12.9 Å². The molecule has 1 rings (SSSR count). The Morgan fingerprint density at radius 1 is 1.08 bits per heavy atom. The van der Waals surface area contributed by atoms with Crippen LogP contribution in [0.25, 0.3) is 0 Å². The maximum atomic E-state index is 10.1. The Balaban J connectivity index is 3.01. The first-order chi connectivity index (χ1) is 6.27. The Morgan fingerprint density at radius 2 is 1.69 bits per heavy atom. The quantitative estimate of drug-likeness (QED) is 0.650. The van der Waals surface area contributed by atoms with Crippen molar-refractivity contribution in [3.63, 3.8) is 0 Å². The van der Waals surface area contributed by atoms with Crippen molar-refractivity contribution in [3.8, 4) is 11.5 Å². The fraction of sp³-hybridized carbons (Fsp3) is 0.111. The van der Waals surface area contributed by atoms with Gasteiger partial charge >= 0.3 is 0 Å². The molecule has 0 bridgehead atoms. The minimum atomic E-state index is 0.229. The first-order valence-corrected chi connectivity index (χ1v) is 3.59. The van der Waals surface area contributed by atoms with Crippen LogP contribution in [0.15, 0.2) is 18.2 Å². The van der Waals surface area contributed by atoms with E-state index in [1.165, 1.54) is 0 Å². The van der Waals surface area contributed by atoms with Gasteiger partial charge in [0, 0.05) is 0 Å². The molecule has 0 amide bonds. The molecule has 68 valence electrons. The highest BCUT2D eigenvalue weighted by atomic mass is 16.6. The van der Waals surface area contributed by atoms with E-state index in [9.17, 15) is 9.59 Å². The molecule has 0 unspecified atom stereocenters. The smallest absolute Gasteiger partial charge is 0.298 e. The van der Waals surface area contributed by atoms with Gasteiger partial charge in [-0.1, -0.05) is 6.07 Å². The molecule has 0 radical (unpaired) electrons. The number of ether oxygens (including phenoxy) is 2. The summed E-state index contributed by atoms with van der Waals surface area (Å²) in [6, 6.07) is 4.91. The lowest BCUT2D eigenvalue weighted by Crippen LogP contribution is -1.95. The van der Waals surface area contributed by atoms with E-state index < -0.39 is 0 Å². The van der Waals surface area contributed by atoms with Crippen molar-refractivity contribution in [3.05, 3.63) is 23.8 Å². The highest BCUT2D eigenvalue weighted by Gasteiger charge is 2.04. The Hall–Kier alpha value is -1.84. The number of rotatable bonds is 4. The van der Waals surface area contributed by atoms with E-state index in [-0.39, 0.29) is 24.4 Å². The van der Waals surface area contributed by atoms with Gasteiger partial charge in [0.05, 0.1) is 0 Å². The number of carbonyl (C=O) groups excluding carboxylic acids is 2. The summed E-state index contributed by atoms with van der Waals surface area (Å²) in [5.74, 6) is 0.467. The molecule has 0 spiro atoms. The molecule has 0 heterocycles. The van der Waals surface area contributed by atoms with Crippen molar-refractivity contribution >= 4 is 12.9 Å². The zero-order valence-corrected chi connectivity index (χ0v) is 7.02. The maximum Gasteiger partial charge on any atom is 0.298 e. The van der Waals surface area contributed by atoms with Gasteiger partial charge in [0.25, 0.3) is 12.9 Å². The van der Waals surface area contributed by atoms with Crippen molar-refractivity contribution in [1.29, 1.82) is 0 Å². The van der Waals surface area contributed by atoms with Gasteiger partial charge in [-0.3, -0.25) is 9.59 Å². The predicted molar refractivity (Wildman–Crippen MR) is 44.6 cm³/mol. The van der Waals surface area contributed by atoms with Gasteiger partial charge in [0.2, 0.25) is 0 Å². The van der Waals surface area contributed by atoms with Crippen molar-refractivity contribution in [2.24, 2.45) is 0 Å². The Bertz CT molecular complexity index is 319. The maximum absolute atomic E-state index is 10.1. The molecule has 0 N–H and O–H groups in total. The number of hydrogen-bond acceptors (Lipinski definition) is 4. The summed E-state index contributed by atoms with van der Waals surface area (Å²) in [5.41, 5.74) is 0.912. The summed E-state index contributed by atoms with van der Waals surface area (Å²) in [5, 5.41) is 0. The van der Waals surface area contributed by atoms with Gasteiger partial charge in [-0.15, -0.1) is 0 Å². The molecular formula is C9H8O4. The van der Waals surface area contributed by atoms with E-state index in [1.807, 2.05) is 6.92 Å². The summed E-state index contributed by atoms with van der Waals surface area (Å²) in [6.07, 6.45) is 0. The Kier molecular flexibility index (Phi) is 3.03. The third-order valence-electron chi connectivity index (χ3n) is 1.45. The lowest BCUT2D eigenvalue weighted by Gasteiger charge is -2.04. The molecule has 0 atom stereocenters. The number of benzene rings is 1. The largest absolute Gasteiger partial charge is 0.425 e. The van der Waals surface area contributed by atoms with Crippen LogP contribution >= 0.6 is 0 Å². The van der Waals surface area contributed by atoms with Crippen LogP contribution in [-0.2, 0) is 9.59 Å². The fourth-order valence-corrected chi connectivity index (χ4v) is 0.908. The summed E-state index contributed by atoms with van der Waals surface area (Å²) in [6.45, 7) is 2.40. The van der Waals surface area contributed by atoms with Crippen molar-refractivity contribution in [2.75, 3.05) is 0 Å². The highest BCUT2D eigenvalue weighted by Crippen LogP contribution is 2.27. The molecule has 0 aliphatic carbocycles. The van der Waals surface area contributed by atoms with E-state index in [0.717, 1.165) is 5.56 Å². The van der Waals surface area contributed by atoms with Crippen molar-refractivity contribution in [1.82, 2.24) is 0 Å². The minimum Gasteiger partial charge on any atom is -0.425 e. The zero-order valence-electron chi connectivity index (χ0n) is 7.02. The summed E-state index contributed by atoms with van der Waals surface area (Å²) >= 11 is 0. The summed E-state index contributed by atoms with van der Waals surface area (Å²) in [7, 11) is 0. The molecule has 0 aliphatic heterocycles. The minimum absolute atomic E-state index is 0.229. The van der Waals surface area contributed by atoms with Crippen LogP contribution in [0.4, 0.5) is 0 Å². The van der Waals surface area contributed by atoms with Crippen molar-refractivity contribution < 1.29 is 19.1 Å². The molecule has 1 aromatic carbocycles. The first-order valence-electron chi connectivity index (χ1n) is 3.59. The van der Waals surface area contributed by atoms with Gasteiger partial charge in [-0.05, 0) is 24.6 Å². The molecular weight excluding hydrogens is 172 g/mol. The first kappa shape index (κ1) is 9.25. The van der Waals surface area contributed by atoms with Crippen LogP contribution in [0.5, 0.6) is 11.5 Å². The second kappa shape index (κ2) is 4.25. The zero-order chi connectivity index (χ0) is 9.68. The van der Waals surface area contributed by atoms with E-state index in [2.05, 4.69) is 9.47 Å². The fourth-order valence-electron chi connectivity index (χ4n) is 0.908. The van der Waals surface area contributed by atoms with Gasteiger partial charge in [-0.2, -0.15) is 0 Å². The Morgan fingerprint density at radius 3 is 2.31 bits per heavy atom. The molecule has 1 aromatic rings. The predicted octanol–water partition coefficient (Wildman–Crippen LogP) is 1.07. The van der Waals surface area contributed by atoms with Crippen LogP contribution in [0.3, 0.4) is 0 Å². The number of aryl methyl sites for hydroxylation is 1. The van der Waals surface area contributed by atoms with Gasteiger partial charge in [0.15, 0.2) is 11.5 Å². The summed E-state index contributed by atoms with van der Waals surface area (Å²) in [4.78, 5) is 20.1. The van der Waals surface area contributed by atoms with Crippen LogP contribution in [0.1, 0.15) is 5.56 Å². The average molecular weight is 180 g/mol. The lowest BCUT2D eigenvalue weighted by molar-refractivity contribution is -0.123. The summed E-state index contributed by atoms with van der Waals surface area (Å²) < 4.78 is 9.19. The standard InChI is InChI=1S/C9H8O4/c1-7-2-3-8(12-5-10)9(4-7)13-6-11/h2-6H,1H3. The molecule has 4 nitrogen and oxygen atoms in total. The van der Waals surface area contributed by atoms with E-state index in [4.69, 9.17) is 0 Å². The van der Waals surface area contributed by atoms with Gasteiger partial charge in [-0.25, -0.2) is 0 Å². The van der Waals surface area contributed by atoms with Gasteiger partial charge < -0.3 is 9.47 Å². The van der Waals surface area contributed by atoms with Crippen LogP contribution < -0.4 is 9.47 Å². The average Bonchev–Trinajstić information content (AvgIpc) is 2.10. The second-order valence-corrected chi connectivity index (χ2v) is 2.38. The molecule has 0 aromatic heterocycles. The lowest BCUT2D eigenvalue weighted by atomic mass is 10.2. The monoisotopic (exact) mass is 180 g/mol. The topological polar surface area (TPSA) is 52.6 Å². The van der Waals surface area contributed by atoms with Crippen molar-refractivity contribution in [2.45, 2.75) is 6.92 Å².